The molecule has 0 fully saturated rings. The average molecular weight is 244 g/mol. The standard InChI is InChI=1S/C9H7BrFNO/c1-6(13)2-3-7-4-8(10)5-12-9(7)11/h2-5H,1H3/b3-2+. The molecule has 0 aliphatic rings. The molecule has 0 N–H and O–H groups in total. The quantitative estimate of drug-likeness (QED) is 0.591. The van der Waals surface area contributed by atoms with Crippen LogP contribution in [0, 0.1) is 5.95 Å². The summed E-state index contributed by atoms with van der Waals surface area (Å²) in [6, 6.07) is 1.56. The molecule has 0 radical (unpaired) electrons. The van der Waals surface area contributed by atoms with E-state index in [2.05, 4.69) is 20.9 Å². The fraction of sp³-hybridized carbons (Fsp3) is 0.111. The Hall–Kier alpha value is -1.03. The molecule has 0 unspecified atom stereocenters. The van der Waals surface area contributed by atoms with Crippen LogP contribution in [0.5, 0.6) is 0 Å². The van der Waals surface area contributed by atoms with E-state index in [1.165, 1.54) is 25.3 Å². The van der Waals surface area contributed by atoms with Gasteiger partial charge in [-0.2, -0.15) is 4.39 Å². The summed E-state index contributed by atoms with van der Waals surface area (Å²) in [5.74, 6) is -0.708. The summed E-state index contributed by atoms with van der Waals surface area (Å²) < 4.78 is 13.6. The zero-order chi connectivity index (χ0) is 9.84. The van der Waals surface area contributed by atoms with Crippen molar-refractivity contribution in [1.29, 1.82) is 0 Å². The highest BCUT2D eigenvalue weighted by molar-refractivity contribution is 9.10. The molecule has 0 aliphatic carbocycles. The van der Waals surface area contributed by atoms with Crippen molar-refractivity contribution in [3.05, 3.63) is 34.3 Å². The summed E-state index contributed by atoms with van der Waals surface area (Å²) in [6.45, 7) is 1.40. The van der Waals surface area contributed by atoms with Gasteiger partial charge in [-0.05, 0) is 41.1 Å². The molecular formula is C9H7BrFNO. The number of rotatable bonds is 2. The lowest BCUT2D eigenvalue weighted by molar-refractivity contribution is -0.112. The Kier molecular flexibility index (Phi) is 3.31. The molecule has 0 spiro atoms. The molecule has 0 atom stereocenters. The van der Waals surface area contributed by atoms with Crippen LogP contribution in [-0.4, -0.2) is 10.8 Å². The number of allylic oxidation sites excluding steroid dienone is 1. The van der Waals surface area contributed by atoms with E-state index in [1.54, 1.807) is 6.07 Å². The Labute approximate surface area is 83.6 Å². The number of pyridine rings is 1. The van der Waals surface area contributed by atoms with E-state index in [4.69, 9.17) is 0 Å². The smallest absolute Gasteiger partial charge is 0.220 e. The SMILES string of the molecule is CC(=O)/C=C/c1cc(Br)cnc1F. The topological polar surface area (TPSA) is 30.0 Å². The lowest BCUT2D eigenvalue weighted by atomic mass is 10.2. The zero-order valence-corrected chi connectivity index (χ0v) is 8.51. The van der Waals surface area contributed by atoms with Crippen LogP contribution in [0.2, 0.25) is 0 Å². The first-order valence-electron chi connectivity index (χ1n) is 3.59. The van der Waals surface area contributed by atoms with Crippen molar-refractivity contribution in [3.8, 4) is 0 Å². The Bertz CT molecular complexity index is 363. The maximum Gasteiger partial charge on any atom is 0.220 e. The number of hydrogen-bond donors (Lipinski definition) is 0. The van der Waals surface area contributed by atoms with Crippen molar-refractivity contribution in [3.63, 3.8) is 0 Å². The predicted molar refractivity (Wildman–Crippen MR) is 51.6 cm³/mol. The van der Waals surface area contributed by atoms with Crippen molar-refractivity contribution in [2.45, 2.75) is 6.92 Å². The van der Waals surface area contributed by atoms with Gasteiger partial charge in [-0.15, -0.1) is 0 Å². The predicted octanol–water partition coefficient (Wildman–Crippen LogP) is 2.59. The van der Waals surface area contributed by atoms with Gasteiger partial charge in [0.25, 0.3) is 0 Å². The molecule has 1 heterocycles. The van der Waals surface area contributed by atoms with E-state index in [-0.39, 0.29) is 5.78 Å². The van der Waals surface area contributed by atoms with Gasteiger partial charge in [0, 0.05) is 16.2 Å². The lowest BCUT2D eigenvalue weighted by Crippen LogP contribution is -1.88. The fourth-order valence-electron chi connectivity index (χ4n) is 0.762. The van der Waals surface area contributed by atoms with Gasteiger partial charge in [0.05, 0.1) is 0 Å². The minimum absolute atomic E-state index is 0.126. The Balaban J connectivity index is 3.00. The Morgan fingerprint density at radius 1 is 1.69 bits per heavy atom. The fourth-order valence-corrected chi connectivity index (χ4v) is 1.11. The molecule has 1 rings (SSSR count). The second-order valence-corrected chi connectivity index (χ2v) is 3.39. The number of carbonyl (C=O) groups is 1. The van der Waals surface area contributed by atoms with Crippen LogP contribution in [-0.2, 0) is 4.79 Å². The molecule has 4 heteroatoms. The molecule has 1 aromatic rings. The van der Waals surface area contributed by atoms with E-state index < -0.39 is 5.95 Å². The maximum atomic E-state index is 12.9. The van der Waals surface area contributed by atoms with Gasteiger partial charge in [0.2, 0.25) is 5.95 Å². The summed E-state index contributed by atoms with van der Waals surface area (Å²) in [5.41, 5.74) is 0.296. The largest absolute Gasteiger partial charge is 0.295 e. The van der Waals surface area contributed by atoms with Crippen molar-refractivity contribution in [1.82, 2.24) is 4.98 Å². The molecule has 0 aromatic carbocycles. The third kappa shape index (κ3) is 3.06. The normalized spacial score (nSPS) is 10.7. The molecular weight excluding hydrogens is 237 g/mol. The second-order valence-electron chi connectivity index (χ2n) is 2.48. The molecule has 2 nitrogen and oxygen atoms in total. The highest BCUT2D eigenvalue weighted by Crippen LogP contribution is 2.14. The summed E-state index contributed by atoms with van der Waals surface area (Å²) in [4.78, 5) is 14.1. The third-order valence-corrected chi connectivity index (χ3v) is 1.76. The van der Waals surface area contributed by atoms with Gasteiger partial charge >= 0.3 is 0 Å². The van der Waals surface area contributed by atoms with Crippen molar-refractivity contribution >= 4 is 27.8 Å². The minimum atomic E-state index is -0.583. The average Bonchev–Trinajstić information content (AvgIpc) is 2.06. The van der Waals surface area contributed by atoms with Crippen molar-refractivity contribution in [2.24, 2.45) is 0 Å². The molecule has 0 amide bonds. The van der Waals surface area contributed by atoms with Crippen molar-refractivity contribution in [2.75, 3.05) is 0 Å². The van der Waals surface area contributed by atoms with Crippen LogP contribution in [0.1, 0.15) is 12.5 Å². The molecule has 0 saturated carbocycles. The third-order valence-electron chi connectivity index (χ3n) is 1.33. The number of hydrogen-bond acceptors (Lipinski definition) is 2. The van der Waals surface area contributed by atoms with Gasteiger partial charge in [0.1, 0.15) is 0 Å². The van der Waals surface area contributed by atoms with Gasteiger partial charge < -0.3 is 0 Å². The van der Waals surface area contributed by atoms with Crippen LogP contribution < -0.4 is 0 Å². The zero-order valence-electron chi connectivity index (χ0n) is 6.92. The van der Waals surface area contributed by atoms with Crippen LogP contribution in [0.4, 0.5) is 4.39 Å². The summed E-state index contributed by atoms with van der Waals surface area (Å²) in [7, 11) is 0. The van der Waals surface area contributed by atoms with Crippen LogP contribution in [0.15, 0.2) is 22.8 Å². The van der Waals surface area contributed by atoms with Crippen LogP contribution >= 0.6 is 15.9 Å². The van der Waals surface area contributed by atoms with Gasteiger partial charge in [0.15, 0.2) is 5.78 Å². The van der Waals surface area contributed by atoms with Crippen LogP contribution in [0.25, 0.3) is 6.08 Å². The van der Waals surface area contributed by atoms with Crippen molar-refractivity contribution < 1.29 is 9.18 Å². The van der Waals surface area contributed by atoms with E-state index in [0.29, 0.717) is 10.0 Å². The number of ketones is 1. The highest BCUT2D eigenvalue weighted by atomic mass is 79.9. The van der Waals surface area contributed by atoms with E-state index >= 15 is 0 Å². The van der Waals surface area contributed by atoms with Gasteiger partial charge in [-0.1, -0.05) is 0 Å². The Morgan fingerprint density at radius 2 is 2.38 bits per heavy atom. The molecule has 0 saturated heterocycles. The highest BCUT2D eigenvalue weighted by Gasteiger charge is 2.00. The lowest BCUT2D eigenvalue weighted by Gasteiger charge is -1.95. The first-order valence-corrected chi connectivity index (χ1v) is 4.38. The molecule has 68 valence electrons. The number of carbonyl (C=O) groups excluding carboxylic acids is 1. The van der Waals surface area contributed by atoms with E-state index in [1.807, 2.05) is 0 Å². The van der Waals surface area contributed by atoms with Gasteiger partial charge in [-0.3, -0.25) is 4.79 Å². The van der Waals surface area contributed by atoms with E-state index in [0.717, 1.165) is 0 Å². The molecule has 1 aromatic heterocycles. The maximum absolute atomic E-state index is 12.9. The number of halogens is 2. The summed E-state index contributed by atoms with van der Waals surface area (Å²) in [5, 5.41) is 0. The van der Waals surface area contributed by atoms with Crippen LogP contribution in [0.3, 0.4) is 0 Å². The number of aromatic nitrogens is 1. The molecule has 0 bridgehead atoms. The molecule has 13 heavy (non-hydrogen) atoms. The van der Waals surface area contributed by atoms with E-state index in [9.17, 15) is 9.18 Å². The first kappa shape index (κ1) is 10.1. The minimum Gasteiger partial charge on any atom is -0.295 e. The number of nitrogens with zero attached hydrogens (tertiary/aromatic N) is 1. The summed E-state index contributed by atoms with van der Waals surface area (Å²) in [6.07, 6.45) is 4.06. The Morgan fingerprint density at radius 3 is 3.00 bits per heavy atom. The second kappa shape index (κ2) is 4.28. The first-order chi connectivity index (χ1) is 6.09. The summed E-state index contributed by atoms with van der Waals surface area (Å²) >= 11 is 3.16. The molecule has 0 aliphatic heterocycles. The monoisotopic (exact) mass is 243 g/mol. The van der Waals surface area contributed by atoms with Gasteiger partial charge in [-0.25, -0.2) is 4.98 Å².